The van der Waals surface area contributed by atoms with Crippen LogP contribution in [-0.2, 0) is 133 Å². The summed E-state index contributed by atoms with van der Waals surface area (Å²) in [6, 6.07) is -6.45. The molecule has 10 fully saturated rings. The molecule has 23 N–H and O–H groups in total. The molecule has 10 aliphatic rings. The zero-order valence-electron chi connectivity index (χ0n) is 71.5. The van der Waals surface area contributed by atoms with Gasteiger partial charge >= 0.3 is 29.6 Å². The van der Waals surface area contributed by atoms with Crippen molar-refractivity contribution >= 4 is 94.5 Å². The molecule has 0 spiro atoms. The van der Waals surface area contributed by atoms with Crippen LogP contribution in [0, 0.1) is 0 Å². The zero-order chi connectivity index (χ0) is 95.1. The van der Waals surface area contributed by atoms with E-state index in [1.807, 2.05) is 0 Å². The van der Waals surface area contributed by atoms with Crippen molar-refractivity contribution in [2.75, 3.05) is 65.6 Å². The summed E-state index contributed by atoms with van der Waals surface area (Å²) < 4.78 is 93.0. The maximum atomic E-state index is 14.6. The van der Waals surface area contributed by atoms with Gasteiger partial charge in [-0.2, -0.15) is 0 Å². The molecular weight excluding hydrogens is 1810 g/mol. The molecule has 0 radical (unpaired) electrons. The number of aliphatic hydroxyl groups excluding tert-OH is 16. The standard InChI is InChI=1S/C73H113N9O45S2.Na/c1-10-128-30-11-32(91)81(65(30)108)18-75-63(106)60-56(44(99)48(103)72(126-60)118-50-34(77-22(4)87)20(2)114-26(13-83)38(50)93)122-68-36(79-24(6)89)52(40(95)28(15-85)116-68)120-70-46(101)42(97)54(112-8)58(124-70)62(105)74-17-82-33(92)12-31(66(82)109)129-19-76-64(107)59-55(113-9)43(98)47(102)71(125-59)121-53-37(80-25(7)90)69(117-29(16-86)41(53)96)123-57-45(100)49(104)73(127-61(57)67(110)111)119-51-35(78-23(5)88)21(3)115-27(14-84)39(51)94;/h20-21,26-31,34-61,68-73,83-86,93-104H,10-19H2,1-9H3,(H,74,105)(H,75,106)(H,76,107)(H,77,87)(H,78,88)(H,79,89)(H,80,90)(H,110,111);/q;+1/p-1/t20-,21+,26?,27?,28?,29?,30?,31?,34?,35?,36?,37?,38?,39?,40?,41?,42?,43?,44?,45?,46?,47?,48?,49?,50?,51?,52?,53?,54?,55?,56?,57?,58?,59?,60?,61?,68?,69?,70?,71?,72?,73?;/m0./s1. The van der Waals surface area contributed by atoms with E-state index in [1.54, 1.807) is 6.92 Å². The molecule has 10 saturated heterocycles. The van der Waals surface area contributed by atoms with Gasteiger partial charge in [-0.05, 0) is 19.6 Å². The van der Waals surface area contributed by atoms with E-state index in [9.17, 15) is 144 Å². The van der Waals surface area contributed by atoms with Crippen molar-refractivity contribution in [3.8, 4) is 0 Å². The number of carboxylic acid groups (broad SMARTS) is 1. The summed E-state index contributed by atoms with van der Waals surface area (Å²) in [5.41, 5.74) is 0. The van der Waals surface area contributed by atoms with E-state index in [0.717, 1.165) is 53.7 Å². The van der Waals surface area contributed by atoms with Gasteiger partial charge in [0, 0.05) is 54.8 Å². The maximum absolute atomic E-state index is 14.6. The van der Waals surface area contributed by atoms with Crippen LogP contribution in [0.25, 0.3) is 0 Å². The number of amides is 11. The van der Waals surface area contributed by atoms with Crippen molar-refractivity contribution in [3.05, 3.63) is 0 Å². The Labute approximate surface area is 769 Å². The third kappa shape index (κ3) is 24.2. The van der Waals surface area contributed by atoms with E-state index in [1.165, 1.54) is 13.8 Å². The zero-order valence-corrected chi connectivity index (χ0v) is 75.2. The number of nitrogens with one attached hydrogen (secondary N) is 7. The second-order valence-corrected chi connectivity index (χ2v) is 34.5. The average molecular weight is 1920 g/mol. The summed E-state index contributed by atoms with van der Waals surface area (Å²) in [5.74, 6) is -12.6. The van der Waals surface area contributed by atoms with Crippen LogP contribution in [0.3, 0.4) is 0 Å². The van der Waals surface area contributed by atoms with Gasteiger partial charge in [-0.3, -0.25) is 62.5 Å². The smallest absolute Gasteiger partial charge is 0.547 e. The van der Waals surface area contributed by atoms with Crippen molar-refractivity contribution < 1.29 is 250 Å². The van der Waals surface area contributed by atoms with Crippen molar-refractivity contribution in [3.63, 3.8) is 0 Å². The van der Waals surface area contributed by atoms with Crippen LogP contribution in [0.4, 0.5) is 0 Å². The molecule has 0 aromatic carbocycles. The number of rotatable bonds is 35. The van der Waals surface area contributed by atoms with Gasteiger partial charge in [0.15, 0.2) is 56.1 Å². The van der Waals surface area contributed by atoms with E-state index in [4.69, 9.17) is 75.8 Å². The minimum absolute atomic E-state index is 0. The van der Waals surface area contributed by atoms with Crippen LogP contribution in [0.1, 0.15) is 61.3 Å². The van der Waals surface area contributed by atoms with Crippen molar-refractivity contribution in [2.45, 2.75) is 317 Å². The summed E-state index contributed by atoms with van der Waals surface area (Å²) in [5, 5.41) is 208. The number of aliphatic carboxylic acids is 1. The van der Waals surface area contributed by atoms with Gasteiger partial charge in [0.1, 0.15) is 178 Å². The Morgan fingerprint density at radius 1 is 0.377 bits per heavy atom. The Hall–Kier alpha value is -5.54. The second kappa shape index (κ2) is 47.5. The van der Waals surface area contributed by atoms with Crippen molar-refractivity contribution in [1.82, 2.24) is 47.0 Å². The van der Waals surface area contributed by atoms with Gasteiger partial charge in [-0.1, -0.05) is 6.92 Å². The predicted octanol–water partition coefficient (Wildman–Crippen LogP) is -20.7. The van der Waals surface area contributed by atoms with Crippen LogP contribution in [0.2, 0.25) is 0 Å². The molecule has 42 atom stereocenters. The first-order valence-corrected chi connectivity index (χ1v) is 43.0. The number of hydrogen-bond donors (Lipinski definition) is 23. The predicted molar refractivity (Wildman–Crippen MR) is 413 cm³/mol. The number of imide groups is 2. The first-order valence-electron chi connectivity index (χ1n) is 40.9. The SMILES string of the molecule is CCSC1CC(=O)N(CNC(=O)C2OC(OC3C(O)C(CO)O[C@@H](C)C3NC(C)=O)C(O)C(O)C2OC2OC(CO)C(O)C(OC3OC(C(=O)NCN4C(=O)CC(SCNC(=O)C5OC(OC6C(O)C(CO)OC(OC7C(C(=O)[O-])OC(OC8C(O)C(CO)O[C@H](C)C8NC(C)=O)C(O)C7O)C6NC(C)=O)C(O)C(O)C5OC)C4=O)C(OC)C(O)C3O)C2NC(C)=O)C1=O.[Na+]. The van der Waals surface area contributed by atoms with Gasteiger partial charge in [-0.25, -0.2) is 0 Å². The Kier molecular flexibility index (Phi) is 39.5. The molecule has 130 heavy (non-hydrogen) atoms. The molecule has 11 amide bonds. The fourth-order valence-corrected chi connectivity index (χ4v) is 18.4. The van der Waals surface area contributed by atoms with E-state index >= 15 is 0 Å². The van der Waals surface area contributed by atoms with Crippen LogP contribution < -0.4 is 71.9 Å². The number of carboxylic acids is 1. The molecular formula is C73H112N9NaO45S2. The Morgan fingerprint density at radius 3 is 0.969 bits per heavy atom. The number of carbonyl (C=O) groups excluding carboxylic acids is 12. The third-order valence-electron chi connectivity index (χ3n) is 23.1. The maximum Gasteiger partial charge on any atom is 1.00 e. The minimum atomic E-state index is -2.48. The van der Waals surface area contributed by atoms with Gasteiger partial charge < -0.3 is 205 Å². The first-order chi connectivity index (χ1) is 61.0. The number of nitrogens with zero attached hydrogens (tertiary/aromatic N) is 2. The van der Waals surface area contributed by atoms with Crippen molar-refractivity contribution in [1.29, 1.82) is 0 Å². The molecule has 10 rings (SSSR count). The fraction of sp³-hybridized carbons (Fsp3) is 0.836. The molecule has 10 aliphatic heterocycles. The number of likely N-dealkylation sites (tertiary alicyclic amines) is 2. The van der Waals surface area contributed by atoms with Gasteiger partial charge in [-0.15, -0.1) is 23.5 Å². The largest absolute Gasteiger partial charge is 1.00 e. The number of methoxy groups -OCH3 is 2. The van der Waals surface area contributed by atoms with Gasteiger partial charge in [0.05, 0.1) is 73.1 Å². The van der Waals surface area contributed by atoms with Crippen LogP contribution >= 0.6 is 23.5 Å². The Balaban J connectivity index is 0.0000190. The number of thioether (sulfide) groups is 2. The van der Waals surface area contributed by atoms with Gasteiger partial charge in [0.25, 0.3) is 17.7 Å². The number of aliphatic hydroxyl groups is 16. The fourth-order valence-electron chi connectivity index (χ4n) is 16.5. The summed E-state index contributed by atoms with van der Waals surface area (Å²) in [7, 11) is 1.96. The number of ether oxygens (including phenoxy) is 16. The van der Waals surface area contributed by atoms with E-state index in [2.05, 4.69) is 37.2 Å². The molecule has 57 heteroatoms. The summed E-state index contributed by atoms with van der Waals surface area (Å²) in [4.78, 5) is 162. The average Bonchev–Trinajstić information content (AvgIpc) is 1.33. The topological polar surface area (TPSA) is 790 Å². The van der Waals surface area contributed by atoms with Crippen LogP contribution in [0.5, 0.6) is 0 Å². The molecule has 10 heterocycles. The summed E-state index contributed by atoms with van der Waals surface area (Å²) >= 11 is 1.78. The van der Waals surface area contributed by atoms with Gasteiger partial charge in [0.2, 0.25) is 47.3 Å². The van der Waals surface area contributed by atoms with Crippen molar-refractivity contribution in [2.24, 2.45) is 0 Å². The molecule has 0 aromatic rings. The summed E-state index contributed by atoms with van der Waals surface area (Å²) in [6.07, 6.45) is -73.5. The normalized spacial score (nSPS) is 42.4. The molecule has 0 saturated carbocycles. The van der Waals surface area contributed by atoms with E-state index in [-0.39, 0.29) is 36.0 Å². The van der Waals surface area contributed by atoms with E-state index < -0.39 is 379 Å². The number of carbonyl (C=O) groups is 12. The van der Waals surface area contributed by atoms with Crippen LogP contribution in [-0.4, -0.2) is 484 Å². The number of hydrogen-bond acceptors (Lipinski definition) is 47. The minimum Gasteiger partial charge on any atom is -0.547 e. The molecule has 54 nitrogen and oxygen atoms in total. The van der Waals surface area contributed by atoms with E-state index in [0.29, 0.717) is 27.3 Å². The monoisotopic (exact) mass is 1920 g/mol. The second-order valence-electron chi connectivity index (χ2n) is 31.8. The first kappa shape index (κ1) is 108. The molecule has 0 bridgehead atoms. The molecule has 732 valence electrons. The third-order valence-corrected chi connectivity index (χ3v) is 25.3. The summed E-state index contributed by atoms with van der Waals surface area (Å²) in [6.45, 7) is 3.03. The van der Waals surface area contributed by atoms with Crippen LogP contribution in [0.15, 0.2) is 0 Å². The Morgan fingerprint density at radius 2 is 0.654 bits per heavy atom. The molecule has 40 unspecified atom stereocenters. The quantitative estimate of drug-likeness (QED) is 0.0159. The molecule has 0 aromatic heterocycles. The Bertz CT molecular complexity index is 3910. The molecule has 0 aliphatic carbocycles.